The molecule has 0 amide bonds. The molecule has 0 fully saturated rings. The number of esters is 1. The van der Waals surface area contributed by atoms with Crippen LogP contribution >= 0.6 is 7.82 Å². The van der Waals surface area contributed by atoms with Crippen molar-refractivity contribution >= 4 is 19.8 Å². The van der Waals surface area contributed by atoms with Gasteiger partial charge in [-0.25, -0.2) is 0 Å². The van der Waals surface area contributed by atoms with Crippen LogP contribution in [0.3, 0.4) is 0 Å². The summed E-state index contributed by atoms with van der Waals surface area (Å²) in [5, 5.41) is 8.66. The standard InChI is InChI=1S/C9H17O8P.2Na/c1-3-9(2,6-7(10)11)8(12)16-4-5-17-18(13,14)15;;/h3-6H2,1-2H3,(H,10,11)(H2,13,14,15);;/q;2*+1/p-2. The van der Waals surface area contributed by atoms with Crippen LogP contribution in [0.5, 0.6) is 0 Å². The van der Waals surface area contributed by atoms with Crippen molar-refractivity contribution in [3.63, 3.8) is 0 Å². The summed E-state index contributed by atoms with van der Waals surface area (Å²) in [4.78, 5) is 42.4. The van der Waals surface area contributed by atoms with Crippen LogP contribution in [0.2, 0.25) is 0 Å². The second-order valence-electron chi connectivity index (χ2n) is 3.90. The van der Waals surface area contributed by atoms with Crippen molar-refractivity contribution in [1.29, 1.82) is 0 Å². The quantitative estimate of drug-likeness (QED) is 0.201. The van der Waals surface area contributed by atoms with Gasteiger partial charge >= 0.3 is 71.1 Å². The molecule has 0 saturated heterocycles. The van der Waals surface area contributed by atoms with Gasteiger partial charge in [-0.1, -0.05) is 6.92 Å². The van der Waals surface area contributed by atoms with Crippen molar-refractivity contribution in [3.8, 4) is 0 Å². The molecule has 0 spiro atoms. The zero-order valence-corrected chi connectivity index (χ0v) is 17.0. The van der Waals surface area contributed by atoms with E-state index in [0.29, 0.717) is 0 Å². The summed E-state index contributed by atoms with van der Waals surface area (Å²) < 4.78 is 18.6. The number of hydrogen-bond donors (Lipinski definition) is 1. The van der Waals surface area contributed by atoms with Crippen LogP contribution < -0.4 is 68.9 Å². The number of hydrogen-bond acceptors (Lipinski definition) is 7. The largest absolute Gasteiger partial charge is 1.00 e. The van der Waals surface area contributed by atoms with E-state index in [4.69, 9.17) is 5.11 Å². The van der Waals surface area contributed by atoms with Crippen LogP contribution in [0.25, 0.3) is 0 Å². The molecule has 1 N–H and O–H groups in total. The smallest absolute Gasteiger partial charge is 0.790 e. The Morgan fingerprint density at radius 3 is 2.10 bits per heavy atom. The van der Waals surface area contributed by atoms with E-state index in [-0.39, 0.29) is 65.5 Å². The molecule has 1 unspecified atom stereocenters. The minimum atomic E-state index is -5.08. The molecule has 0 saturated carbocycles. The van der Waals surface area contributed by atoms with Gasteiger partial charge in [0.05, 0.1) is 26.3 Å². The second kappa shape index (κ2) is 11.6. The summed E-state index contributed by atoms with van der Waals surface area (Å²) in [5.41, 5.74) is -1.19. The van der Waals surface area contributed by atoms with E-state index in [9.17, 15) is 23.9 Å². The topological polar surface area (TPSA) is 136 Å². The van der Waals surface area contributed by atoms with Gasteiger partial charge < -0.3 is 28.7 Å². The molecule has 0 radical (unpaired) electrons. The number of carboxylic acid groups (broad SMARTS) is 1. The fourth-order valence-electron chi connectivity index (χ4n) is 1.13. The Morgan fingerprint density at radius 2 is 1.75 bits per heavy atom. The molecule has 8 nitrogen and oxygen atoms in total. The van der Waals surface area contributed by atoms with Gasteiger partial charge in [-0.2, -0.15) is 0 Å². The molecule has 0 heterocycles. The SMILES string of the molecule is CCC(C)(CC(=O)O)C(=O)OCCOP(=O)([O-])[O-].[Na+].[Na+]. The number of carbonyl (C=O) groups excluding carboxylic acids is 1. The van der Waals surface area contributed by atoms with E-state index in [1.807, 2.05) is 0 Å². The van der Waals surface area contributed by atoms with Crippen molar-refractivity contribution in [3.05, 3.63) is 0 Å². The maximum atomic E-state index is 11.6. The maximum Gasteiger partial charge on any atom is 1.00 e. The van der Waals surface area contributed by atoms with Crippen LogP contribution in [0, 0.1) is 5.41 Å². The van der Waals surface area contributed by atoms with E-state index in [1.165, 1.54) is 6.92 Å². The van der Waals surface area contributed by atoms with E-state index in [2.05, 4.69) is 9.26 Å². The minimum absolute atomic E-state index is 0. The number of phosphoric ester groups is 1. The van der Waals surface area contributed by atoms with Crippen molar-refractivity contribution in [2.75, 3.05) is 13.2 Å². The van der Waals surface area contributed by atoms with Crippen LogP contribution in [-0.2, 0) is 23.4 Å². The third-order valence-corrected chi connectivity index (χ3v) is 2.88. The predicted octanol–water partition coefficient (Wildman–Crippen LogP) is -6.73. The minimum Gasteiger partial charge on any atom is -0.790 e. The molecule has 0 aromatic carbocycles. The normalized spacial score (nSPS) is 13.4. The van der Waals surface area contributed by atoms with Gasteiger partial charge in [0.25, 0.3) is 0 Å². The summed E-state index contributed by atoms with van der Waals surface area (Å²) in [6.07, 6.45) is -0.147. The van der Waals surface area contributed by atoms with Gasteiger partial charge in [0.2, 0.25) is 0 Å². The molecule has 0 rings (SSSR count). The summed E-state index contributed by atoms with van der Waals surface area (Å²) in [7, 11) is -5.08. The molecule has 0 bridgehead atoms. The fourth-order valence-corrected chi connectivity index (χ4v) is 1.43. The average Bonchev–Trinajstić information content (AvgIpc) is 2.21. The van der Waals surface area contributed by atoms with Gasteiger partial charge in [0, 0.05) is 0 Å². The number of rotatable bonds is 8. The van der Waals surface area contributed by atoms with Gasteiger partial charge in [0.15, 0.2) is 0 Å². The summed E-state index contributed by atoms with van der Waals surface area (Å²) in [6, 6.07) is 0. The van der Waals surface area contributed by atoms with Gasteiger partial charge in [-0.15, -0.1) is 0 Å². The predicted molar refractivity (Wildman–Crippen MR) is 55.2 cm³/mol. The molecule has 11 heteroatoms. The number of aliphatic carboxylic acids is 1. The van der Waals surface area contributed by atoms with Crippen molar-refractivity contribution in [1.82, 2.24) is 0 Å². The van der Waals surface area contributed by atoms with Crippen LogP contribution in [0.1, 0.15) is 26.7 Å². The number of ether oxygens (including phenoxy) is 1. The Balaban J connectivity index is -0.00000144. The van der Waals surface area contributed by atoms with Crippen molar-refractivity contribution in [2.24, 2.45) is 5.41 Å². The third-order valence-electron chi connectivity index (χ3n) is 2.38. The molecule has 0 aromatic heterocycles. The fraction of sp³-hybridized carbons (Fsp3) is 0.778. The Morgan fingerprint density at radius 1 is 1.25 bits per heavy atom. The molecular formula is C9H15Na2O8P. The Kier molecular flexibility index (Phi) is 15.1. The summed E-state index contributed by atoms with van der Waals surface area (Å²) >= 11 is 0. The van der Waals surface area contributed by atoms with Crippen LogP contribution in [0.4, 0.5) is 0 Å². The number of phosphoric acid groups is 1. The van der Waals surface area contributed by atoms with Gasteiger partial charge in [-0.05, 0) is 13.3 Å². The number of carbonyl (C=O) groups is 2. The molecule has 106 valence electrons. The molecule has 0 aliphatic rings. The first kappa shape index (κ1) is 26.0. The molecule has 0 aliphatic heterocycles. The van der Waals surface area contributed by atoms with Crippen molar-refractivity contribution in [2.45, 2.75) is 26.7 Å². The first-order chi connectivity index (χ1) is 8.10. The molecule has 0 aliphatic carbocycles. The zero-order chi connectivity index (χ0) is 14.4. The van der Waals surface area contributed by atoms with Gasteiger partial charge in [0.1, 0.15) is 6.61 Å². The molecular weight excluding hydrogens is 313 g/mol. The summed E-state index contributed by atoms with van der Waals surface area (Å²) in [6.45, 7) is 2.05. The monoisotopic (exact) mass is 328 g/mol. The first-order valence-electron chi connectivity index (χ1n) is 5.16. The van der Waals surface area contributed by atoms with Crippen LogP contribution in [0.15, 0.2) is 0 Å². The van der Waals surface area contributed by atoms with E-state index in [1.54, 1.807) is 6.92 Å². The van der Waals surface area contributed by atoms with Gasteiger partial charge in [-0.3, -0.25) is 9.59 Å². The first-order valence-corrected chi connectivity index (χ1v) is 6.62. The van der Waals surface area contributed by atoms with E-state index >= 15 is 0 Å². The number of carboxylic acids is 1. The zero-order valence-electron chi connectivity index (χ0n) is 12.1. The molecule has 1 atom stereocenters. The Hall–Kier alpha value is 1.05. The molecule has 20 heavy (non-hydrogen) atoms. The average molecular weight is 328 g/mol. The van der Waals surface area contributed by atoms with Crippen LogP contribution in [-0.4, -0.2) is 30.3 Å². The molecule has 0 aromatic rings. The Labute approximate surface area is 161 Å². The second-order valence-corrected chi connectivity index (χ2v) is 5.05. The Bertz CT molecular complexity index is 358. The van der Waals surface area contributed by atoms with Crippen molar-refractivity contribution < 1.29 is 97.4 Å². The summed E-state index contributed by atoms with van der Waals surface area (Å²) in [5.74, 6) is -1.92. The van der Waals surface area contributed by atoms with E-state index < -0.39 is 44.8 Å². The third kappa shape index (κ3) is 11.7. The maximum absolute atomic E-state index is 11.6. The van der Waals surface area contributed by atoms with E-state index in [0.717, 1.165) is 0 Å².